The van der Waals surface area contributed by atoms with Crippen LogP contribution >= 0.6 is 0 Å². The quantitative estimate of drug-likeness (QED) is 0.589. The number of rotatable bonds is 1. The lowest BCUT2D eigenvalue weighted by Gasteiger charge is -2.18. The lowest BCUT2D eigenvalue weighted by Crippen LogP contribution is -2.23. The maximum Gasteiger partial charge on any atom is 0.129 e. The summed E-state index contributed by atoms with van der Waals surface area (Å²) in [6.45, 7) is 0. The van der Waals surface area contributed by atoms with Crippen LogP contribution in [0.2, 0.25) is 0 Å². The van der Waals surface area contributed by atoms with Gasteiger partial charge in [0.25, 0.3) is 0 Å². The summed E-state index contributed by atoms with van der Waals surface area (Å²) in [6.07, 6.45) is 5.02. The first-order valence-electron chi connectivity index (χ1n) is 5.69. The second-order valence-corrected chi connectivity index (χ2v) is 4.23. The van der Waals surface area contributed by atoms with Crippen molar-refractivity contribution in [3.8, 4) is 5.75 Å². The van der Waals surface area contributed by atoms with E-state index < -0.39 is 0 Å². The van der Waals surface area contributed by atoms with E-state index in [1.807, 2.05) is 24.3 Å². The average molecular weight is 226 g/mol. The van der Waals surface area contributed by atoms with Gasteiger partial charge in [-0.25, -0.2) is 0 Å². The lowest BCUT2D eigenvalue weighted by molar-refractivity contribution is 0.277. The molecular formula is C14H14N2O. The molecule has 0 aromatic heterocycles. The second kappa shape index (κ2) is 3.77. The number of para-hydroxylation sites is 1. The summed E-state index contributed by atoms with van der Waals surface area (Å²) in [5, 5.41) is 0. The van der Waals surface area contributed by atoms with E-state index in [-0.39, 0.29) is 6.10 Å². The van der Waals surface area contributed by atoms with Crippen molar-refractivity contribution in [3.63, 3.8) is 0 Å². The van der Waals surface area contributed by atoms with Gasteiger partial charge in [-0.2, -0.15) is 0 Å². The summed E-state index contributed by atoms with van der Waals surface area (Å²) in [7, 11) is 1.71. The number of benzene rings is 1. The first-order chi connectivity index (χ1) is 8.29. The van der Waals surface area contributed by atoms with Gasteiger partial charge in [-0.3, -0.25) is 4.99 Å². The molecule has 0 radical (unpaired) electrons. The number of amidine groups is 1. The van der Waals surface area contributed by atoms with Crippen LogP contribution in [0.1, 0.15) is 12.0 Å². The van der Waals surface area contributed by atoms with Gasteiger partial charge in [0.05, 0.1) is 0 Å². The topological polar surface area (TPSA) is 47.6 Å². The minimum Gasteiger partial charge on any atom is -0.485 e. The van der Waals surface area contributed by atoms with Gasteiger partial charge >= 0.3 is 0 Å². The highest BCUT2D eigenvalue weighted by Gasteiger charge is 2.31. The zero-order valence-corrected chi connectivity index (χ0v) is 9.68. The van der Waals surface area contributed by atoms with Crippen LogP contribution in [-0.4, -0.2) is 19.0 Å². The van der Waals surface area contributed by atoms with E-state index in [1.54, 1.807) is 7.05 Å². The van der Waals surface area contributed by atoms with Crippen molar-refractivity contribution in [2.75, 3.05) is 7.05 Å². The van der Waals surface area contributed by atoms with Crippen LogP contribution in [0.25, 0.3) is 5.57 Å². The zero-order valence-electron chi connectivity index (χ0n) is 9.68. The van der Waals surface area contributed by atoms with E-state index >= 15 is 0 Å². The van der Waals surface area contributed by atoms with Crippen LogP contribution in [0.15, 0.2) is 47.0 Å². The molecule has 3 heteroatoms. The molecule has 1 aliphatic heterocycles. The van der Waals surface area contributed by atoms with E-state index in [0.717, 1.165) is 17.7 Å². The van der Waals surface area contributed by atoms with Gasteiger partial charge in [0, 0.05) is 24.6 Å². The largest absolute Gasteiger partial charge is 0.485 e. The van der Waals surface area contributed by atoms with Crippen LogP contribution < -0.4 is 10.5 Å². The summed E-state index contributed by atoms with van der Waals surface area (Å²) < 4.78 is 5.92. The minimum atomic E-state index is 0.0905. The Balaban J connectivity index is 2.00. The third kappa shape index (κ3) is 1.55. The van der Waals surface area contributed by atoms with Crippen molar-refractivity contribution in [1.82, 2.24) is 0 Å². The number of nitrogens with two attached hydrogens (primary N) is 1. The molecule has 1 unspecified atom stereocenters. The number of hydrogen-bond acceptors (Lipinski definition) is 2. The standard InChI is InChI=1S/C14H14N2O/c1-16-14(15)9-6-7-11-10-4-2-3-5-12(10)17-13(11)8-9/h2-7,13H,8H2,1H3,(H2,15,16). The van der Waals surface area contributed by atoms with Gasteiger partial charge in [0.1, 0.15) is 17.7 Å². The number of nitrogens with zero attached hydrogens (tertiary/aromatic N) is 1. The summed E-state index contributed by atoms with van der Waals surface area (Å²) in [5.74, 6) is 1.56. The molecule has 2 N–H and O–H groups in total. The average Bonchev–Trinajstić information content (AvgIpc) is 2.75. The van der Waals surface area contributed by atoms with E-state index in [1.165, 1.54) is 11.1 Å². The Morgan fingerprint density at radius 3 is 3.00 bits per heavy atom. The highest BCUT2D eigenvalue weighted by molar-refractivity contribution is 5.99. The Labute approximate surface area is 100 Å². The zero-order chi connectivity index (χ0) is 11.8. The first kappa shape index (κ1) is 10.1. The fraction of sp³-hybridized carbons (Fsp3) is 0.214. The number of fused-ring (bicyclic) bond motifs is 3. The van der Waals surface area contributed by atoms with Crippen LogP contribution in [0.3, 0.4) is 0 Å². The number of hydrogen-bond donors (Lipinski definition) is 1. The van der Waals surface area contributed by atoms with E-state index in [9.17, 15) is 0 Å². The molecule has 1 aliphatic carbocycles. The van der Waals surface area contributed by atoms with Gasteiger partial charge < -0.3 is 10.5 Å². The molecule has 1 aromatic rings. The molecule has 2 aliphatic rings. The van der Waals surface area contributed by atoms with Crippen molar-refractivity contribution >= 4 is 11.4 Å². The maximum absolute atomic E-state index is 5.92. The lowest BCUT2D eigenvalue weighted by atomic mass is 9.92. The molecule has 1 aromatic carbocycles. The van der Waals surface area contributed by atoms with E-state index in [4.69, 9.17) is 10.5 Å². The molecule has 0 bridgehead atoms. The Bertz CT molecular complexity index is 555. The molecular weight excluding hydrogens is 212 g/mol. The molecule has 0 saturated carbocycles. The smallest absolute Gasteiger partial charge is 0.129 e. The van der Waals surface area contributed by atoms with Crippen LogP contribution in [0.4, 0.5) is 0 Å². The molecule has 17 heavy (non-hydrogen) atoms. The maximum atomic E-state index is 5.92. The van der Waals surface area contributed by atoms with Crippen molar-refractivity contribution < 1.29 is 4.74 Å². The number of aliphatic imine (C=N–C) groups is 1. The van der Waals surface area contributed by atoms with E-state index in [0.29, 0.717) is 5.84 Å². The third-order valence-corrected chi connectivity index (χ3v) is 3.25. The first-order valence-corrected chi connectivity index (χ1v) is 5.69. The van der Waals surface area contributed by atoms with Crippen molar-refractivity contribution in [1.29, 1.82) is 0 Å². The number of ether oxygens (including phenoxy) is 1. The molecule has 0 fully saturated rings. The van der Waals surface area contributed by atoms with Gasteiger partial charge in [0.2, 0.25) is 0 Å². The second-order valence-electron chi connectivity index (χ2n) is 4.23. The number of allylic oxidation sites excluding steroid dienone is 2. The predicted octanol–water partition coefficient (Wildman–Crippen LogP) is 2.15. The SMILES string of the molecule is CN=C(N)C1=CC=C2c3ccccc3OC2C1. The predicted molar refractivity (Wildman–Crippen MR) is 69.1 cm³/mol. The van der Waals surface area contributed by atoms with Crippen molar-refractivity contribution in [2.24, 2.45) is 10.7 Å². The molecule has 3 nitrogen and oxygen atoms in total. The normalized spacial score (nSPS) is 22.2. The monoisotopic (exact) mass is 226 g/mol. The van der Waals surface area contributed by atoms with Gasteiger partial charge in [-0.05, 0) is 11.6 Å². The molecule has 0 amide bonds. The highest BCUT2D eigenvalue weighted by atomic mass is 16.5. The van der Waals surface area contributed by atoms with Crippen molar-refractivity contribution in [3.05, 3.63) is 47.6 Å². The fourth-order valence-electron chi connectivity index (χ4n) is 2.34. The molecule has 0 spiro atoms. The van der Waals surface area contributed by atoms with Crippen LogP contribution in [0, 0.1) is 0 Å². The summed E-state index contributed by atoms with van der Waals surface area (Å²) >= 11 is 0. The molecule has 3 rings (SSSR count). The Morgan fingerprint density at radius 1 is 1.35 bits per heavy atom. The minimum absolute atomic E-state index is 0.0905. The summed E-state index contributed by atoms with van der Waals surface area (Å²) in [4.78, 5) is 4.02. The highest BCUT2D eigenvalue weighted by Crippen LogP contribution is 2.41. The van der Waals surface area contributed by atoms with Gasteiger partial charge in [0.15, 0.2) is 0 Å². The van der Waals surface area contributed by atoms with Crippen molar-refractivity contribution in [2.45, 2.75) is 12.5 Å². The third-order valence-electron chi connectivity index (χ3n) is 3.25. The summed E-state index contributed by atoms with van der Waals surface area (Å²) in [5.41, 5.74) is 9.32. The van der Waals surface area contributed by atoms with E-state index in [2.05, 4.69) is 17.1 Å². The Kier molecular flexibility index (Phi) is 2.25. The fourth-order valence-corrected chi connectivity index (χ4v) is 2.34. The Hall–Kier alpha value is -2.03. The van der Waals surface area contributed by atoms with Gasteiger partial charge in [-0.15, -0.1) is 0 Å². The molecule has 86 valence electrons. The molecule has 1 atom stereocenters. The summed E-state index contributed by atoms with van der Waals surface area (Å²) in [6, 6.07) is 8.13. The van der Waals surface area contributed by atoms with Crippen LogP contribution in [-0.2, 0) is 0 Å². The Morgan fingerprint density at radius 2 is 2.18 bits per heavy atom. The van der Waals surface area contributed by atoms with Gasteiger partial charge in [-0.1, -0.05) is 30.4 Å². The molecule has 0 saturated heterocycles. The van der Waals surface area contributed by atoms with Crippen LogP contribution in [0.5, 0.6) is 5.75 Å². The molecule has 1 heterocycles.